The number of rotatable bonds is 9. The van der Waals surface area contributed by atoms with E-state index < -0.39 is 17.3 Å². The maximum absolute atomic E-state index is 14.4. The van der Waals surface area contributed by atoms with E-state index in [1.807, 2.05) is 12.1 Å². The van der Waals surface area contributed by atoms with E-state index in [2.05, 4.69) is 15.6 Å². The van der Waals surface area contributed by atoms with Gasteiger partial charge in [0.15, 0.2) is 16.6 Å². The van der Waals surface area contributed by atoms with Crippen molar-refractivity contribution in [1.82, 2.24) is 10.3 Å². The Bertz CT molecular complexity index is 1300. The molecule has 0 spiro atoms. The van der Waals surface area contributed by atoms with Gasteiger partial charge in [0.05, 0.1) is 18.8 Å². The fraction of sp³-hybridized carbons (Fsp3) is 0.370. The number of carbonyl (C=O) groups excluding carboxylic acids is 1. The summed E-state index contributed by atoms with van der Waals surface area (Å²) in [6.45, 7) is 2.52. The van der Waals surface area contributed by atoms with Gasteiger partial charge in [-0.2, -0.15) is 0 Å². The summed E-state index contributed by atoms with van der Waals surface area (Å²) in [5.74, 6) is -1.16. The molecule has 2 atom stereocenters. The first kappa shape index (κ1) is 26.1. The third-order valence-corrected chi connectivity index (χ3v) is 7.25. The molecule has 5 rings (SSSR count). The maximum Gasteiger partial charge on any atom is 0.338 e. The predicted octanol–water partition coefficient (Wildman–Crippen LogP) is 4.79. The molecule has 0 radical (unpaired) electrons. The van der Waals surface area contributed by atoms with Crippen molar-refractivity contribution in [2.24, 2.45) is 5.92 Å². The summed E-state index contributed by atoms with van der Waals surface area (Å²) in [7, 11) is 0. The molecule has 0 bridgehead atoms. The predicted molar refractivity (Wildman–Crippen MR) is 139 cm³/mol. The quantitative estimate of drug-likeness (QED) is 0.354. The number of carboxylic acids is 1. The maximum atomic E-state index is 14.4. The number of fused-ring (bicyclic) bond motifs is 1. The molecule has 2 unspecified atom stereocenters. The Hall–Kier alpha value is -3.54. The van der Waals surface area contributed by atoms with Crippen molar-refractivity contribution < 1.29 is 33.3 Å². The van der Waals surface area contributed by atoms with Crippen LogP contribution in [0.25, 0.3) is 0 Å². The summed E-state index contributed by atoms with van der Waals surface area (Å²) in [5, 5.41) is 17.7. The van der Waals surface area contributed by atoms with Crippen molar-refractivity contribution in [1.29, 1.82) is 0 Å². The van der Waals surface area contributed by atoms with Crippen LogP contribution in [0.15, 0.2) is 41.9 Å². The molecule has 9 nitrogen and oxygen atoms in total. The lowest BCUT2D eigenvalue weighted by atomic mass is 9.91. The summed E-state index contributed by atoms with van der Waals surface area (Å²) in [4.78, 5) is 28.0. The number of aromatic carboxylic acids is 1. The van der Waals surface area contributed by atoms with Crippen LogP contribution in [0.5, 0.6) is 17.2 Å². The minimum absolute atomic E-state index is 0.139. The van der Waals surface area contributed by atoms with Crippen LogP contribution >= 0.6 is 11.3 Å². The highest BCUT2D eigenvalue weighted by molar-refractivity contribution is 7.13. The third kappa shape index (κ3) is 6.29. The first-order valence-corrected chi connectivity index (χ1v) is 13.3. The lowest BCUT2D eigenvalue weighted by molar-refractivity contribution is -0.116. The van der Waals surface area contributed by atoms with Gasteiger partial charge in [-0.1, -0.05) is 0 Å². The Labute approximate surface area is 222 Å². The average Bonchev–Trinajstić information content (AvgIpc) is 3.41. The molecule has 2 aliphatic rings. The van der Waals surface area contributed by atoms with E-state index in [1.54, 1.807) is 11.6 Å². The molecular formula is C27H28FN3O6S. The lowest BCUT2D eigenvalue weighted by Crippen LogP contribution is -2.32. The van der Waals surface area contributed by atoms with Gasteiger partial charge in [0.2, 0.25) is 5.91 Å². The molecule has 200 valence electrons. The molecule has 3 heterocycles. The number of ether oxygens (including phenoxy) is 3. The molecular weight excluding hydrogens is 513 g/mol. The largest absolute Gasteiger partial charge is 0.489 e. The van der Waals surface area contributed by atoms with Gasteiger partial charge in [-0.15, -0.1) is 11.3 Å². The Morgan fingerprint density at radius 2 is 2.16 bits per heavy atom. The van der Waals surface area contributed by atoms with Crippen LogP contribution in [0.3, 0.4) is 0 Å². The fourth-order valence-electron chi connectivity index (χ4n) is 4.67. The van der Waals surface area contributed by atoms with Crippen LogP contribution < -0.4 is 20.1 Å². The van der Waals surface area contributed by atoms with E-state index in [-0.39, 0.29) is 30.0 Å². The second-order valence-electron chi connectivity index (χ2n) is 9.29. The summed E-state index contributed by atoms with van der Waals surface area (Å²) in [6.07, 6.45) is 4.54. The molecule has 0 aliphatic carbocycles. The zero-order valence-electron chi connectivity index (χ0n) is 20.6. The molecule has 38 heavy (non-hydrogen) atoms. The zero-order chi connectivity index (χ0) is 26.5. The van der Waals surface area contributed by atoms with Gasteiger partial charge in [-0.25, -0.2) is 14.2 Å². The first-order valence-electron chi connectivity index (χ1n) is 12.5. The van der Waals surface area contributed by atoms with Crippen LogP contribution in [0, 0.1) is 11.7 Å². The number of aromatic nitrogens is 1. The van der Waals surface area contributed by atoms with Gasteiger partial charge in [0.1, 0.15) is 11.6 Å². The van der Waals surface area contributed by atoms with Crippen molar-refractivity contribution in [2.75, 3.05) is 31.7 Å². The number of hydrogen-bond acceptors (Lipinski definition) is 8. The number of benzene rings is 2. The van der Waals surface area contributed by atoms with E-state index >= 15 is 0 Å². The van der Waals surface area contributed by atoms with Crippen molar-refractivity contribution in [2.45, 2.75) is 31.7 Å². The highest BCUT2D eigenvalue weighted by Crippen LogP contribution is 2.39. The van der Waals surface area contributed by atoms with Crippen LogP contribution in [-0.4, -0.2) is 48.3 Å². The number of carboxylic acid groups (broad SMARTS) is 1. The van der Waals surface area contributed by atoms with E-state index in [9.17, 15) is 14.0 Å². The van der Waals surface area contributed by atoms with Crippen LogP contribution in [-0.2, 0) is 16.0 Å². The summed E-state index contributed by atoms with van der Waals surface area (Å²) in [6, 6.07) is 7.08. The first-order chi connectivity index (χ1) is 18.5. The molecule has 1 amide bonds. The summed E-state index contributed by atoms with van der Waals surface area (Å²) < 4.78 is 32.2. The van der Waals surface area contributed by atoms with E-state index in [0.717, 1.165) is 43.1 Å². The Balaban J connectivity index is 1.41. The number of thiazole rings is 1. The van der Waals surface area contributed by atoms with E-state index in [1.165, 1.54) is 23.5 Å². The minimum Gasteiger partial charge on any atom is -0.489 e. The molecule has 2 aromatic carbocycles. The Kier molecular flexibility index (Phi) is 8.16. The molecule has 2 aliphatic heterocycles. The van der Waals surface area contributed by atoms with Crippen molar-refractivity contribution in [3.8, 4) is 17.2 Å². The Morgan fingerprint density at radius 1 is 1.26 bits per heavy atom. The highest BCUT2D eigenvalue weighted by atomic mass is 32.1. The number of amides is 1. The molecule has 1 fully saturated rings. The van der Waals surface area contributed by atoms with Crippen molar-refractivity contribution >= 4 is 28.3 Å². The van der Waals surface area contributed by atoms with Crippen LogP contribution in [0.2, 0.25) is 0 Å². The molecule has 1 aromatic heterocycles. The second kappa shape index (κ2) is 11.9. The molecule has 3 aromatic rings. The van der Waals surface area contributed by atoms with E-state index in [0.29, 0.717) is 36.4 Å². The van der Waals surface area contributed by atoms with Gasteiger partial charge in [-0.3, -0.25) is 4.79 Å². The number of carbonyl (C=O) groups is 2. The SMILES string of the molecule is O=C(CC1NCCc2cc(OCC3CCCOC3)c(Oc3ccc(C(=O)O)c(F)c3)cc21)Nc1nccs1. The smallest absolute Gasteiger partial charge is 0.338 e. The standard InChI is InChI=1S/C27H28FN3O6S/c28-21-11-18(3-4-19(21)26(33)34)37-24-12-20-17(10-23(24)36-15-16-2-1-8-35-14-16)5-6-29-22(20)13-25(32)31-27-30-7-9-38-27/h3-4,7,9-12,16,22,29H,1-2,5-6,8,13-15H2,(H,33,34)(H,30,31,32). The third-order valence-electron chi connectivity index (χ3n) is 6.56. The summed E-state index contributed by atoms with van der Waals surface area (Å²) in [5.41, 5.74) is 1.48. The van der Waals surface area contributed by atoms with Crippen LogP contribution in [0.4, 0.5) is 9.52 Å². The van der Waals surface area contributed by atoms with Gasteiger partial charge >= 0.3 is 5.97 Å². The number of nitrogens with one attached hydrogen (secondary N) is 2. The second-order valence-corrected chi connectivity index (χ2v) is 10.2. The van der Waals surface area contributed by atoms with E-state index in [4.69, 9.17) is 19.3 Å². The molecule has 1 saturated heterocycles. The van der Waals surface area contributed by atoms with Gasteiger partial charge in [-0.05, 0) is 61.2 Å². The molecule has 11 heteroatoms. The lowest BCUT2D eigenvalue weighted by Gasteiger charge is -2.29. The number of nitrogens with zero attached hydrogens (tertiary/aromatic N) is 1. The topological polar surface area (TPSA) is 119 Å². The highest BCUT2D eigenvalue weighted by Gasteiger charge is 2.26. The monoisotopic (exact) mass is 541 g/mol. The average molecular weight is 542 g/mol. The number of hydrogen-bond donors (Lipinski definition) is 3. The molecule has 3 N–H and O–H groups in total. The number of halogens is 1. The normalized spacial score (nSPS) is 18.9. The summed E-state index contributed by atoms with van der Waals surface area (Å²) >= 11 is 1.35. The van der Waals surface area contributed by atoms with Gasteiger partial charge in [0, 0.05) is 42.6 Å². The van der Waals surface area contributed by atoms with Crippen molar-refractivity contribution in [3.05, 3.63) is 64.4 Å². The number of anilines is 1. The van der Waals surface area contributed by atoms with Crippen LogP contribution in [0.1, 0.15) is 46.8 Å². The zero-order valence-corrected chi connectivity index (χ0v) is 21.4. The molecule has 0 saturated carbocycles. The van der Waals surface area contributed by atoms with Crippen molar-refractivity contribution in [3.63, 3.8) is 0 Å². The van der Waals surface area contributed by atoms with Gasteiger partial charge < -0.3 is 30.0 Å². The van der Waals surface area contributed by atoms with Gasteiger partial charge in [0.25, 0.3) is 0 Å². The fourth-order valence-corrected chi connectivity index (χ4v) is 5.22. The minimum atomic E-state index is -1.36. The Morgan fingerprint density at radius 3 is 2.89 bits per heavy atom.